The molecule has 0 radical (unpaired) electrons. The molecule has 7 heteroatoms. The number of amides is 2. The molecule has 0 spiro atoms. The molecule has 0 aliphatic heterocycles. The molecule has 0 saturated heterocycles. The molecule has 0 bridgehead atoms. The molecule has 0 heterocycles. The molecule has 0 fully saturated rings. The molecule has 0 saturated carbocycles. The quantitative estimate of drug-likeness (QED) is 0.710. The van der Waals surface area contributed by atoms with Crippen LogP contribution in [0.2, 0.25) is 0 Å². The van der Waals surface area contributed by atoms with Gasteiger partial charge in [0, 0.05) is 19.0 Å². The Morgan fingerprint density at radius 1 is 1.25 bits per heavy atom. The lowest BCUT2D eigenvalue weighted by Gasteiger charge is -2.28. The zero-order valence-electron chi connectivity index (χ0n) is 14.3. The van der Waals surface area contributed by atoms with E-state index in [4.69, 9.17) is 0 Å². The van der Waals surface area contributed by atoms with Gasteiger partial charge in [-0.1, -0.05) is 19.9 Å². The number of hydrogen-bond donors (Lipinski definition) is 3. The summed E-state index contributed by atoms with van der Waals surface area (Å²) in [5.41, 5.74) is -1.47. The van der Waals surface area contributed by atoms with E-state index in [1.165, 1.54) is 13.0 Å². The molecule has 1 rings (SSSR count). The van der Waals surface area contributed by atoms with E-state index < -0.39 is 35.1 Å². The summed E-state index contributed by atoms with van der Waals surface area (Å²) < 4.78 is 27.8. The Bertz CT molecular complexity index is 583. The van der Waals surface area contributed by atoms with Gasteiger partial charge in [-0.2, -0.15) is 0 Å². The summed E-state index contributed by atoms with van der Waals surface area (Å²) in [5.74, 6) is -2.80. The first-order valence-corrected chi connectivity index (χ1v) is 7.74. The smallest absolute Gasteiger partial charge is 0.222 e. The van der Waals surface area contributed by atoms with Crippen molar-refractivity contribution in [3.8, 4) is 0 Å². The third-order valence-corrected chi connectivity index (χ3v) is 4.00. The fourth-order valence-electron chi connectivity index (χ4n) is 2.05. The van der Waals surface area contributed by atoms with Gasteiger partial charge >= 0.3 is 0 Å². The van der Waals surface area contributed by atoms with E-state index in [9.17, 15) is 23.5 Å². The first-order valence-electron chi connectivity index (χ1n) is 7.74. The van der Waals surface area contributed by atoms with Crippen LogP contribution < -0.4 is 10.6 Å². The maximum Gasteiger partial charge on any atom is 0.222 e. The maximum atomic E-state index is 13.9. The maximum absolute atomic E-state index is 13.9. The van der Waals surface area contributed by atoms with Crippen LogP contribution in [-0.4, -0.2) is 29.1 Å². The molecule has 134 valence electrons. The number of halogens is 2. The third kappa shape index (κ3) is 5.56. The Kier molecular flexibility index (Phi) is 6.83. The number of rotatable bonds is 7. The Balaban J connectivity index is 2.88. The lowest BCUT2D eigenvalue weighted by atomic mass is 9.92. The van der Waals surface area contributed by atoms with Gasteiger partial charge in [0.05, 0.1) is 18.1 Å². The summed E-state index contributed by atoms with van der Waals surface area (Å²) in [5, 5.41) is 15.0. The van der Waals surface area contributed by atoms with Crippen LogP contribution in [0.4, 0.5) is 8.78 Å². The van der Waals surface area contributed by atoms with Gasteiger partial charge in [0.1, 0.15) is 11.6 Å². The number of carbonyl (C=O) groups is 2. The predicted octanol–water partition coefficient (Wildman–Crippen LogP) is 2.06. The number of nitrogens with one attached hydrogen (secondary N) is 2. The fourth-order valence-corrected chi connectivity index (χ4v) is 2.05. The van der Waals surface area contributed by atoms with Gasteiger partial charge in [-0.15, -0.1) is 0 Å². The van der Waals surface area contributed by atoms with Crippen LogP contribution in [0.5, 0.6) is 0 Å². The first kappa shape index (κ1) is 20.0. The van der Waals surface area contributed by atoms with Crippen molar-refractivity contribution in [2.45, 2.75) is 45.8 Å². The van der Waals surface area contributed by atoms with E-state index in [2.05, 4.69) is 10.6 Å². The van der Waals surface area contributed by atoms with Crippen LogP contribution in [0.3, 0.4) is 0 Å². The Labute approximate surface area is 140 Å². The normalized spacial score (nSPS) is 14.8. The highest BCUT2D eigenvalue weighted by atomic mass is 19.1. The van der Waals surface area contributed by atoms with E-state index in [0.29, 0.717) is 0 Å². The van der Waals surface area contributed by atoms with Crippen LogP contribution in [0.1, 0.15) is 45.7 Å². The monoisotopic (exact) mass is 342 g/mol. The molecule has 5 nitrogen and oxygen atoms in total. The van der Waals surface area contributed by atoms with Crippen molar-refractivity contribution in [2.75, 3.05) is 6.54 Å². The zero-order valence-corrected chi connectivity index (χ0v) is 14.3. The molecule has 0 aromatic heterocycles. The molecule has 0 aliphatic carbocycles. The van der Waals surface area contributed by atoms with E-state index in [1.54, 1.807) is 20.8 Å². The van der Waals surface area contributed by atoms with Crippen molar-refractivity contribution in [3.63, 3.8) is 0 Å². The zero-order chi connectivity index (χ0) is 18.5. The lowest BCUT2D eigenvalue weighted by molar-refractivity contribution is -0.124. The molecule has 2 atom stereocenters. The summed E-state index contributed by atoms with van der Waals surface area (Å²) in [6.45, 7) is 6.39. The van der Waals surface area contributed by atoms with E-state index in [-0.39, 0.29) is 24.4 Å². The van der Waals surface area contributed by atoms with Crippen LogP contribution in [-0.2, 0) is 9.59 Å². The van der Waals surface area contributed by atoms with Crippen molar-refractivity contribution in [1.82, 2.24) is 10.6 Å². The van der Waals surface area contributed by atoms with E-state index in [1.807, 2.05) is 0 Å². The number of aliphatic hydroxyl groups is 1. The van der Waals surface area contributed by atoms with Crippen LogP contribution in [0.15, 0.2) is 18.2 Å². The fraction of sp³-hybridized carbons (Fsp3) is 0.529. The Morgan fingerprint density at radius 3 is 2.25 bits per heavy atom. The molecule has 0 aliphatic rings. The van der Waals surface area contributed by atoms with Crippen molar-refractivity contribution < 1.29 is 23.5 Å². The van der Waals surface area contributed by atoms with E-state index >= 15 is 0 Å². The Hall–Kier alpha value is -2.02. The van der Waals surface area contributed by atoms with Gasteiger partial charge in [-0.3, -0.25) is 9.59 Å². The molecule has 3 N–H and O–H groups in total. The second kappa shape index (κ2) is 8.19. The minimum Gasteiger partial charge on any atom is -0.388 e. The average molecular weight is 342 g/mol. The van der Waals surface area contributed by atoms with Crippen LogP contribution in [0.25, 0.3) is 0 Å². The van der Waals surface area contributed by atoms with Crippen molar-refractivity contribution in [3.05, 3.63) is 35.4 Å². The summed E-state index contributed by atoms with van der Waals surface area (Å²) >= 11 is 0. The summed E-state index contributed by atoms with van der Waals surface area (Å²) in [7, 11) is 0. The lowest BCUT2D eigenvalue weighted by Crippen LogP contribution is -2.45. The highest BCUT2D eigenvalue weighted by Crippen LogP contribution is 2.23. The van der Waals surface area contributed by atoms with Gasteiger partial charge in [-0.25, -0.2) is 8.78 Å². The van der Waals surface area contributed by atoms with Gasteiger partial charge in [-0.05, 0) is 25.0 Å². The molecule has 2 unspecified atom stereocenters. The summed E-state index contributed by atoms with van der Waals surface area (Å²) in [6, 6.07) is 2.20. The van der Waals surface area contributed by atoms with Gasteiger partial charge < -0.3 is 15.7 Å². The highest BCUT2D eigenvalue weighted by molar-refractivity contribution is 5.79. The number of benzene rings is 1. The minimum atomic E-state index is -1.13. The molecule has 1 aromatic carbocycles. The minimum absolute atomic E-state index is 0.00392. The van der Waals surface area contributed by atoms with Gasteiger partial charge in [0.25, 0.3) is 0 Å². The van der Waals surface area contributed by atoms with Gasteiger partial charge in [0.15, 0.2) is 0 Å². The molecule has 24 heavy (non-hydrogen) atoms. The van der Waals surface area contributed by atoms with Crippen molar-refractivity contribution in [1.29, 1.82) is 0 Å². The largest absolute Gasteiger partial charge is 0.388 e. The molecular formula is C17H24F2N2O3. The van der Waals surface area contributed by atoms with E-state index in [0.717, 1.165) is 12.1 Å². The summed E-state index contributed by atoms with van der Waals surface area (Å²) in [6.07, 6.45) is -0.342. The van der Waals surface area contributed by atoms with Crippen molar-refractivity contribution in [2.24, 2.45) is 5.92 Å². The van der Waals surface area contributed by atoms with Crippen molar-refractivity contribution >= 4 is 11.8 Å². The second-order valence-electron chi connectivity index (χ2n) is 6.38. The van der Waals surface area contributed by atoms with Crippen LogP contribution >= 0.6 is 0 Å². The molecule has 1 aromatic rings. The molecule has 2 amide bonds. The highest BCUT2D eigenvalue weighted by Gasteiger charge is 2.27. The van der Waals surface area contributed by atoms with Crippen LogP contribution in [0, 0.1) is 17.6 Å². The first-order chi connectivity index (χ1) is 11.0. The standard InChI is InChI=1S/C17H24F2N2O3/c1-10(2)17(4,24)9-20-15(23)8-14(21-11(3)22)16-12(18)6-5-7-13(16)19/h5-7,10,14,24H,8-9H2,1-4H3,(H,20,23)(H,21,22). The predicted molar refractivity (Wildman–Crippen MR) is 86.0 cm³/mol. The second-order valence-corrected chi connectivity index (χ2v) is 6.38. The average Bonchev–Trinajstić information content (AvgIpc) is 2.44. The Morgan fingerprint density at radius 2 is 1.79 bits per heavy atom. The molecular weight excluding hydrogens is 318 g/mol. The topological polar surface area (TPSA) is 78.4 Å². The SMILES string of the molecule is CC(=O)NC(CC(=O)NCC(C)(O)C(C)C)c1c(F)cccc1F. The number of hydrogen-bond acceptors (Lipinski definition) is 3. The third-order valence-electron chi connectivity index (χ3n) is 4.00. The number of carbonyl (C=O) groups excluding carboxylic acids is 2. The van der Waals surface area contributed by atoms with Gasteiger partial charge in [0.2, 0.25) is 11.8 Å². The summed E-state index contributed by atoms with van der Waals surface area (Å²) in [4.78, 5) is 23.4.